The van der Waals surface area contributed by atoms with Crippen LogP contribution in [0.15, 0.2) is 34.8 Å². The molecular formula is C13H13BrFNO. The SMILES string of the molecule is NC1C=CC(C(=O)Cc2ccc(Br)cc2F)C1. The fraction of sp³-hybridized carbons (Fsp3) is 0.308. The van der Waals surface area contributed by atoms with Crippen molar-refractivity contribution in [1.82, 2.24) is 0 Å². The van der Waals surface area contributed by atoms with Crippen LogP contribution in [0.2, 0.25) is 0 Å². The van der Waals surface area contributed by atoms with E-state index >= 15 is 0 Å². The van der Waals surface area contributed by atoms with E-state index in [-0.39, 0.29) is 30.0 Å². The molecule has 2 N–H and O–H groups in total. The van der Waals surface area contributed by atoms with Gasteiger partial charge in [-0.15, -0.1) is 0 Å². The highest BCUT2D eigenvalue weighted by Gasteiger charge is 2.23. The third-order valence-corrected chi connectivity index (χ3v) is 3.40. The van der Waals surface area contributed by atoms with E-state index in [1.807, 2.05) is 12.2 Å². The molecule has 2 rings (SSSR count). The second-order valence-electron chi connectivity index (χ2n) is 4.27. The number of rotatable bonds is 3. The lowest BCUT2D eigenvalue weighted by Crippen LogP contribution is -2.20. The van der Waals surface area contributed by atoms with Gasteiger partial charge >= 0.3 is 0 Å². The summed E-state index contributed by atoms with van der Waals surface area (Å²) in [5.41, 5.74) is 6.12. The molecule has 0 spiro atoms. The highest BCUT2D eigenvalue weighted by atomic mass is 79.9. The summed E-state index contributed by atoms with van der Waals surface area (Å²) in [5.74, 6) is -0.484. The number of hydrogen-bond donors (Lipinski definition) is 1. The van der Waals surface area contributed by atoms with Crippen molar-refractivity contribution in [3.05, 3.63) is 46.2 Å². The third-order valence-electron chi connectivity index (χ3n) is 2.91. The summed E-state index contributed by atoms with van der Waals surface area (Å²) in [6, 6.07) is 4.70. The number of carbonyl (C=O) groups is 1. The summed E-state index contributed by atoms with van der Waals surface area (Å²) in [5, 5.41) is 0. The molecule has 0 aliphatic heterocycles. The van der Waals surface area contributed by atoms with Crippen molar-refractivity contribution in [2.75, 3.05) is 0 Å². The molecule has 2 unspecified atom stereocenters. The van der Waals surface area contributed by atoms with E-state index < -0.39 is 0 Å². The Morgan fingerprint density at radius 2 is 2.24 bits per heavy atom. The molecular weight excluding hydrogens is 285 g/mol. The van der Waals surface area contributed by atoms with Crippen LogP contribution in [0.1, 0.15) is 12.0 Å². The van der Waals surface area contributed by atoms with Crippen molar-refractivity contribution in [3.8, 4) is 0 Å². The lowest BCUT2D eigenvalue weighted by Gasteiger charge is -2.09. The van der Waals surface area contributed by atoms with Crippen LogP contribution in [0.25, 0.3) is 0 Å². The van der Waals surface area contributed by atoms with Crippen molar-refractivity contribution < 1.29 is 9.18 Å². The average Bonchev–Trinajstić information content (AvgIpc) is 2.69. The topological polar surface area (TPSA) is 43.1 Å². The lowest BCUT2D eigenvalue weighted by molar-refractivity contribution is -0.120. The van der Waals surface area contributed by atoms with Crippen molar-refractivity contribution in [2.24, 2.45) is 11.7 Å². The molecule has 2 nitrogen and oxygen atoms in total. The maximum atomic E-state index is 13.5. The van der Waals surface area contributed by atoms with Crippen molar-refractivity contribution in [3.63, 3.8) is 0 Å². The Kier molecular flexibility index (Phi) is 3.74. The Morgan fingerprint density at radius 3 is 2.82 bits per heavy atom. The van der Waals surface area contributed by atoms with Gasteiger partial charge in [-0.3, -0.25) is 4.79 Å². The Hall–Kier alpha value is -1.00. The fourth-order valence-electron chi connectivity index (χ4n) is 1.95. The molecule has 1 aliphatic rings. The molecule has 90 valence electrons. The third kappa shape index (κ3) is 3.01. The molecule has 17 heavy (non-hydrogen) atoms. The Balaban J connectivity index is 2.06. The van der Waals surface area contributed by atoms with Crippen molar-refractivity contribution in [2.45, 2.75) is 18.9 Å². The summed E-state index contributed by atoms with van der Waals surface area (Å²) < 4.78 is 14.2. The molecule has 0 saturated carbocycles. The van der Waals surface area contributed by atoms with Crippen LogP contribution in [0.5, 0.6) is 0 Å². The van der Waals surface area contributed by atoms with E-state index in [0.29, 0.717) is 16.5 Å². The van der Waals surface area contributed by atoms with Crippen LogP contribution < -0.4 is 5.73 Å². The van der Waals surface area contributed by atoms with Crippen LogP contribution in [-0.2, 0) is 11.2 Å². The number of ketones is 1. The molecule has 0 heterocycles. The van der Waals surface area contributed by atoms with Crippen LogP contribution >= 0.6 is 15.9 Å². The highest BCUT2D eigenvalue weighted by molar-refractivity contribution is 9.10. The largest absolute Gasteiger partial charge is 0.324 e. The molecule has 0 radical (unpaired) electrons. The van der Waals surface area contributed by atoms with Gasteiger partial charge in [0.25, 0.3) is 0 Å². The number of allylic oxidation sites excluding steroid dienone is 1. The molecule has 0 amide bonds. The van der Waals surface area contributed by atoms with Gasteiger partial charge in [-0.1, -0.05) is 34.1 Å². The van der Waals surface area contributed by atoms with Gasteiger partial charge in [0, 0.05) is 22.9 Å². The number of halogens is 2. The van der Waals surface area contributed by atoms with Gasteiger partial charge in [-0.25, -0.2) is 4.39 Å². The maximum Gasteiger partial charge on any atom is 0.144 e. The van der Waals surface area contributed by atoms with Crippen molar-refractivity contribution >= 4 is 21.7 Å². The quantitative estimate of drug-likeness (QED) is 0.872. The molecule has 1 aromatic carbocycles. The van der Waals surface area contributed by atoms with E-state index in [0.717, 1.165) is 0 Å². The van der Waals surface area contributed by atoms with Crippen LogP contribution in [0.3, 0.4) is 0 Å². The zero-order valence-corrected chi connectivity index (χ0v) is 10.8. The summed E-state index contributed by atoms with van der Waals surface area (Å²) in [4.78, 5) is 11.9. The second kappa shape index (κ2) is 5.10. The van der Waals surface area contributed by atoms with Gasteiger partial charge in [0.2, 0.25) is 0 Å². The lowest BCUT2D eigenvalue weighted by atomic mass is 9.96. The number of Topliss-reactive ketones (excluding diaryl/α,β-unsaturated/α-hetero) is 1. The first-order valence-electron chi connectivity index (χ1n) is 5.47. The molecule has 0 bridgehead atoms. The normalized spacial score (nSPS) is 23.0. The minimum absolute atomic E-state index is 0.0235. The predicted molar refractivity (Wildman–Crippen MR) is 68.0 cm³/mol. The van der Waals surface area contributed by atoms with E-state index in [9.17, 15) is 9.18 Å². The summed E-state index contributed by atoms with van der Waals surface area (Å²) >= 11 is 3.18. The zero-order valence-electron chi connectivity index (χ0n) is 9.20. The van der Waals surface area contributed by atoms with Gasteiger partial charge < -0.3 is 5.73 Å². The summed E-state index contributed by atoms with van der Waals surface area (Å²) in [7, 11) is 0. The molecule has 4 heteroatoms. The number of hydrogen-bond acceptors (Lipinski definition) is 2. The first-order chi connectivity index (χ1) is 8.06. The van der Waals surface area contributed by atoms with E-state index in [1.54, 1.807) is 12.1 Å². The standard InChI is InChI=1S/C13H13BrFNO/c14-10-3-1-8(12(15)7-10)6-13(17)9-2-4-11(16)5-9/h1-4,7,9,11H,5-6,16H2. The highest BCUT2D eigenvalue weighted by Crippen LogP contribution is 2.21. The number of nitrogens with two attached hydrogens (primary N) is 1. The summed E-state index contributed by atoms with van der Waals surface area (Å²) in [6.45, 7) is 0. The van der Waals surface area contributed by atoms with E-state index in [2.05, 4.69) is 15.9 Å². The van der Waals surface area contributed by atoms with Gasteiger partial charge in [-0.2, -0.15) is 0 Å². The van der Waals surface area contributed by atoms with E-state index in [1.165, 1.54) is 6.07 Å². The van der Waals surface area contributed by atoms with Crippen molar-refractivity contribution in [1.29, 1.82) is 0 Å². The Labute approximate surface area is 108 Å². The van der Waals surface area contributed by atoms with Gasteiger partial charge in [0.15, 0.2) is 0 Å². The predicted octanol–water partition coefficient (Wildman–Crippen LogP) is 2.60. The maximum absolute atomic E-state index is 13.5. The first kappa shape index (κ1) is 12.5. The number of benzene rings is 1. The first-order valence-corrected chi connectivity index (χ1v) is 6.26. The molecule has 0 saturated heterocycles. The smallest absolute Gasteiger partial charge is 0.144 e. The Bertz CT molecular complexity index is 472. The average molecular weight is 298 g/mol. The van der Waals surface area contributed by atoms with E-state index in [4.69, 9.17) is 5.73 Å². The summed E-state index contributed by atoms with van der Waals surface area (Å²) in [6.07, 6.45) is 4.42. The van der Waals surface area contributed by atoms with Crippen LogP contribution in [0, 0.1) is 11.7 Å². The molecule has 1 aromatic rings. The van der Waals surface area contributed by atoms with Gasteiger partial charge in [0.1, 0.15) is 11.6 Å². The monoisotopic (exact) mass is 297 g/mol. The molecule has 0 fully saturated rings. The zero-order chi connectivity index (χ0) is 12.4. The van der Waals surface area contributed by atoms with Gasteiger partial charge in [0.05, 0.1) is 0 Å². The van der Waals surface area contributed by atoms with Crippen LogP contribution in [-0.4, -0.2) is 11.8 Å². The molecule has 0 aromatic heterocycles. The van der Waals surface area contributed by atoms with Crippen LogP contribution in [0.4, 0.5) is 4.39 Å². The van der Waals surface area contributed by atoms with Gasteiger partial charge in [-0.05, 0) is 24.1 Å². The Morgan fingerprint density at radius 1 is 1.47 bits per heavy atom. The number of carbonyl (C=O) groups excluding carboxylic acids is 1. The molecule has 1 aliphatic carbocycles. The minimum Gasteiger partial charge on any atom is -0.324 e. The fourth-order valence-corrected chi connectivity index (χ4v) is 2.28. The molecule has 2 atom stereocenters. The minimum atomic E-state index is -0.348. The second-order valence-corrected chi connectivity index (χ2v) is 5.19.